The Morgan fingerprint density at radius 3 is 2.56 bits per heavy atom. The monoisotopic (exact) mass is 261 g/mol. The maximum Gasteiger partial charge on any atom is 0.267 e. The summed E-state index contributed by atoms with van der Waals surface area (Å²) in [6.07, 6.45) is 2.07. The van der Waals surface area contributed by atoms with Crippen molar-refractivity contribution in [3.05, 3.63) is 62.5 Å². The molecule has 2 aromatic rings. The van der Waals surface area contributed by atoms with E-state index in [4.69, 9.17) is 11.6 Å². The Morgan fingerprint density at radius 1 is 1.22 bits per heavy atom. The van der Waals surface area contributed by atoms with Crippen molar-refractivity contribution in [3.8, 4) is 5.69 Å². The minimum Gasteiger partial charge on any atom is -0.298 e. The number of hydrogen-bond acceptors (Lipinski definition) is 2. The van der Waals surface area contributed by atoms with Gasteiger partial charge in [0.25, 0.3) is 5.56 Å². The highest BCUT2D eigenvalue weighted by Crippen LogP contribution is 2.16. The molecule has 0 saturated carbocycles. The highest BCUT2D eigenvalue weighted by molar-refractivity contribution is 6.32. The van der Waals surface area contributed by atoms with Crippen LogP contribution in [0.4, 0.5) is 0 Å². The van der Waals surface area contributed by atoms with Gasteiger partial charge in [0.1, 0.15) is 0 Å². The summed E-state index contributed by atoms with van der Waals surface area (Å²) in [5.41, 5.74) is 2.43. The van der Waals surface area contributed by atoms with Crippen LogP contribution in [0.25, 0.3) is 5.69 Å². The molecule has 0 amide bonds. The number of rotatable bonds is 2. The first-order chi connectivity index (χ1) is 8.54. The molecule has 2 rings (SSSR count). The molecular weight excluding hydrogens is 250 g/mol. The van der Waals surface area contributed by atoms with Crippen LogP contribution in [0.5, 0.6) is 0 Å². The summed E-state index contributed by atoms with van der Waals surface area (Å²) in [5, 5.41) is 0.177. The maximum absolute atomic E-state index is 12.1. The topological polar surface area (TPSA) is 39.1 Å². The quantitative estimate of drug-likeness (QED) is 0.780. The van der Waals surface area contributed by atoms with Gasteiger partial charge in [-0.1, -0.05) is 29.3 Å². The predicted octanol–water partition coefficient (Wildman–Crippen LogP) is 2.92. The number of aromatic nitrogens is 1. The zero-order chi connectivity index (χ0) is 13.3. The van der Waals surface area contributed by atoms with Crippen molar-refractivity contribution in [1.82, 2.24) is 4.57 Å². The Balaban J connectivity index is 2.72. The molecule has 0 aliphatic heterocycles. The van der Waals surface area contributed by atoms with Crippen molar-refractivity contribution >= 4 is 17.9 Å². The number of halogens is 1. The zero-order valence-electron chi connectivity index (χ0n) is 10.1. The van der Waals surface area contributed by atoms with Crippen LogP contribution in [-0.4, -0.2) is 10.9 Å². The average Bonchev–Trinajstić information content (AvgIpc) is 2.31. The van der Waals surface area contributed by atoms with E-state index < -0.39 is 5.56 Å². The van der Waals surface area contributed by atoms with Crippen LogP contribution < -0.4 is 5.56 Å². The van der Waals surface area contributed by atoms with E-state index in [9.17, 15) is 9.59 Å². The fraction of sp³-hybridized carbons (Fsp3) is 0.143. The summed E-state index contributed by atoms with van der Waals surface area (Å²) in [5.74, 6) is 0. The lowest BCUT2D eigenvalue weighted by Gasteiger charge is -2.10. The average molecular weight is 262 g/mol. The van der Waals surface area contributed by atoms with Gasteiger partial charge in [0, 0.05) is 6.20 Å². The smallest absolute Gasteiger partial charge is 0.267 e. The van der Waals surface area contributed by atoms with Crippen LogP contribution in [0.1, 0.15) is 21.5 Å². The Hall–Kier alpha value is -1.87. The molecule has 1 heterocycles. The van der Waals surface area contributed by atoms with E-state index in [0.29, 0.717) is 6.29 Å². The molecule has 0 bridgehead atoms. The van der Waals surface area contributed by atoms with Gasteiger partial charge in [-0.25, -0.2) is 0 Å². The van der Waals surface area contributed by atoms with Gasteiger partial charge < -0.3 is 0 Å². The lowest BCUT2D eigenvalue weighted by atomic mass is 10.1. The Morgan fingerprint density at radius 2 is 1.94 bits per heavy atom. The van der Waals surface area contributed by atoms with Crippen LogP contribution in [0.15, 0.2) is 35.3 Å². The van der Waals surface area contributed by atoms with Crippen molar-refractivity contribution < 1.29 is 4.79 Å². The van der Waals surface area contributed by atoms with Gasteiger partial charge in [-0.2, -0.15) is 0 Å². The highest BCUT2D eigenvalue weighted by atomic mass is 35.5. The van der Waals surface area contributed by atoms with E-state index >= 15 is 0 Å². The van der Waals surface area contributed by atoms with E-state index in [2.05, 4.69) is 0 Å². The van der Waals surface area contributed by atoms with Gasteiger partial charge in [0.2, 0.25) is 0 Å². The molecule has 3 nitrogen and oxygen atoms in total. The summed E-state index contributed by atoms with van der Waals surface area (Å²) >= 11 is 5.81. The third-order valence-corrected chi connectivity index (χ3v) is 3.14. The largest absolute Gasteiger partial charge is 0.298 e. The lowest BCUT2D eigenvalue weighted by Crippen LogP contribution is -2.22. The first kappa shape index (κ1) is 12.6. The second kappa shape index (κ2) is 4.78. The minimum absolute atomic E-state index is 0.0147. The van der Waals surface area contributed by atoms with Crippen molar-refractivity contribution in [3.63, 3.8) is 0 Å². The standard InChI is InChI=1S/C14H12ClNO2/c1-9-3-4-13(10(2)7-9)16-6-5-12(15)11(8-17)14(16)18/h3-8H,1-2H3. The second-order valence-corrected chi connectivity index (χ2v) is 4.57. The summed E-state index contributed by atoms with van der Waals surface area (Å²) in [4.78, 5) is 23.0. The molecule has 0 saturated heterocycles. The summed E-state index contributed by atoms with van der Waals surface area (Å²) in [7, 11) is 0. The van der Waals surface area contributed by atoms with Gasteiger partial charge in [0.15, 0.2) is 6.29 Å². The molecule has 0 aliphatic rings. The third kappa shape index (κ3) is 2.09. The number of nitrogens with zero attached hydrogens (tertiary/aromatic N) is 1. The molecule has 1 aromatic heterocycles. The Labute approximate surface area is 110 Å². The van der Waals surface area contributed by atoms with E-state index in [0.717, 1.165) is 16.8 Å². The van der Waals surface area contributed by atoms with Crippen molar-refractivity contribution in [1.29, 1.82) is 0 Å². The highest BCUT2D eigenvalue weighted by Gasteiger charge is 2.10. The molecule has 4 heteroatoms. The van der Waals surface area contributed by atoms with Crippen molar-refractivity contribution in [2.45, 2.75) is 13.8 Å². The molecule has 0 atom stereocenters. The lowest BCUT2D eigenvalue weighted by molar-refractivity contribution is 0.112. The first-order valence-corrected chi connectivity index (χ1v) is 5.86. The molecule has 0 N–H and O–H groups in total. The summed E-state index contributed by atoms with van der Waals surface area (Å²) < 4.78 is 1.43. The van der Waals surface area contributed by atoms with Gasteiger partial charge in [-0.15, -0.1) is 0 Å². The van der Waals surface area contributed by atoms with E-state index in [1.54, 1.807) is 12.3 Å². The summed E-state index contributed by atoms with van der Waals surface area (Å²) in [6.45, 7) is 3.90. The Kier molecular flexibility index (Phi) is 3.34. The molecule has 0 fully saturated rings. The Bertz CT molecular complexity index is 674. The zero-order valence-corrected chi connectivity index (χ0v) is 10.9. The number of pyridine rings is 1. The first-order valence-electron chi connectivity index (χ1n) is 5.48. The van der Waals surface area contributed by atoms with Crippen LogP contribution in [0.3, 0.4) is 0 Å². The molecule has 92 valence electrons. The SMILES string of the molecule is Cc1ccc(-n2ccc(Cl)c(C=O)c2=O)c(C)c1. The van der Waals surface area contributed by atoms with Crippen LogP contribution in [-0.2, 0) is 0 Å². The van der Waals surface area contributed by atoms with Gasteiger partial charge in [-0.3, -0.25) is 14.2 Å². The molecule has 0 aliphatic carbocycles. The number of benzene rings is 1. The van der Waals surface area contributed by atoms with E-state index in [1.165, 1.54) is 4.57 Å². The van der Waals surface area contributed by atoms with Crippen molar-refractivity contribution in [2.24, 2.45) is 0 Å². The molecular formula is C14H12ClNO2. The molecule has 0 unspecified atom stereocenters. The number of carbonyl (C=O) groups is 1. The summed E-state index contributed by atoms with van der Waals surface area (Å²) in [6, 6.07) is 7.31. The number of carbonyl (C=O) groups excluding carboxylic acids is 1. The van der Waals surface area contributed by atoms with Gasteiger partial charge >= 0.3 is 0 Å². The van der Waals surface area contributed by atoms with Crippen LogP contribution in [0.2, 0.25) is 5.02 Å². The van der Waals surface area contributed by atoms with E-state index in [1.807, 2.05) is 32.0 Å². The molecule has 18 heavy (non-hydrogen) atoms. The van der Waals surface area contributed by atoms with E-state index in [-0.39, 0.29) is 10.6 Å². The maximum atomic E-state index is 12.1. The number of aldehydes is 1. The fourth-order valence-electron chi connectivity index (χ4n) is 1.90. The second-order valence-electron chi connectivity index (χ2n) is 4.16. The van der Waals surface area contributed by atoms with Crippen LogP contribution in [0, 0.1) is 13.8 Å². The number of aryl methyl sites for hydroxylation is 2. The normalized spacial score (nSPS) is 10.4. The number of hydrogen-bond donors (Lipinski definition) is 0. The van der Waals surface area contributed by atoms with Crippen LogP contribution >= 0.6 is 11.6 Å². The van der Waals surface area contributed by atoms with Crippen molar-refractivity contribution in [2.75, 3.05) is 0 Å². The third-order valence-electron chi connectivity index (χ3n) is 2.81. The van der Waals surface area contributed by atoms with Gasteiger partial charge in [-0.05, 0) is 31.5 Å². The van der Waals surface area contributed by atoms with Gasteiger partial charge in [0.05, 0.1) is 16.3 Å². The fourth-order valence-corrected chi connectivity index (χ4v) is 2.08. The molecule has 1 aromatic carbocycles. The predicted molar refractivity (Wildman–Crippen MR) is 71.9 cm³/mol. The molecule has 0 radical (unpaired) electrons. The minimum atomic E-state index is -0.399. The molecule has 0 spiro atoms.